The molecule has 0 saturated carbocycles. The average molecular weight is 198 g/mol. The molecule has 0 amide bonds. The summed E-state index contributed by atoms with van der Waals surface area (Å²) in [5, 5.41) is 25.9. The fourth-order valence-electron chi connectivity index (χ4n) is 0.920. The van der Waals surface area contributed by atoms with Crippen molar-refractivity contribution < 1.29 is 15.3 Å². The predicted octanol–water partition coefficient (Wildman–Crippen LogP) is 0.638. The Morgan fingerprint density at radius 1 is 0.857 bits per heavy atom. The van der Waals surface area contributed by atoms with Crippen molar-refractivity contribution in [1.29, 1.82) is 0 Å². The molecule has 3 heteroatoms. The number of allylic oxidation sites excluding steroid dienone is 3. The van der Waals surface area contributed by atoms with Crippen LogP contribution in [0.25, 0.3) is 0 Å². The molecule has 80 valence electrons. The van der Waals surface area contributed by atoms with E-state index in [1.807, 2.05) is 12.2 Å². The van der Waals surface area contributed by atoms with Gasteiger partial charge >= 0.3 is 0 Å². The quantitative estimate of drug-likeness (QED) is 0.415. The van der Waals surface area contributed by atoms with Gasteiger partial charge in [0.25, 0.3) is 0 Å². The third kappa shape index (κ3) is 7.73. The van der Waals surface area contributed by atoms with Gasteiger partial charge in [-0.1, -0.05) is 36.5 Å². The maximum atomic E-state index is 8.96. The van der Waals surface area contributed by atoms with E-state index in [0.29, 0.717) is 6.42 Å². The van der Waals surface area contributed by atoms with Gasteiger partial charge in [-0.3, -0.25) is 0 Å². The molecule has 0 aromatic rings. The molecule has 0 aromatic carbocycles. The minimum absolute atomic E-state index is 0.0263. The van der Waals surface area contributed by atoms with Crippen LogP contribution in [0.4, 0.5) is 0 Å². The zero-order valence-corrected chi connectivity index (χ0v) is 8.21. The van der Waals surface area contributed by atoms with Crippen molar-refractivity contribution in [2.75, 3.05) is 19.8 Å². The largest absolute Gasteiger partial charge is 0.396 e. The molecule has 1 atom stereocenters. The summed E-state index contributed by atoms with van der Waals surface area (Å²) in [7, 11) is 0. The Hall–Kier alpha value is -0.900. The van der Waals surface area contributed by atoms with E-state index >= 15 is 0 Å². The first-order chi connectivity index (χ1) is 6.85. The summed E-state index contributed by atoms with van der Waals surface area (Å²) in [6.45, 7) is 0.143. The minimum Gasteiger partial charge on any atom is -0.396 e. The number of rotatable bonds is 7. The van der Waals surface area contributed by atoms with Crippen LogP contribution in [0.5, 0.6) is 0 Å². The van der Waals surface area contributed by atoms with E-state index in [4.69, 9.17) is 15.3 Å². The van der Waals surface area contributed by atoms with Gasteiger partial charge in [0.2, 0.25) is 0 Å². The first-order valence-corrected chi connectivity index (χ1v) is 4.66. The van der Waals surface area contributed by atoms with E-state index in [2.05, 4.69) is 0 Å². The lowest BCUT2D eigenvalue weighted by Gasteiger charge is -2.03. The number of aliphatic hydroxyl groups is 3. The summed E-state index contributed by atoms with van der Waals surface area (Å²) in [4.78, 5) is 0. The molecule has 0 spiro atoms. The highest BCUT2D eigenvalue weighted by atomic mass is 16.3. The molecule has 0 aromatic heterocycles. The van der Waals surface area contributed by atoms with Gasteiger partial charge in [0, 0.05) is 12.5 Å². The van der Waals surface area contributed by atoms with Gasteiger partial charge in [-0.25, -0.2) is 0 Å². The van der Waals surface area contributed by atoms with Crippen molar-refractivity contribution in [2.45, 2.75) is 6.42 Å². The molecule has 0 aliphatic carbocycles. The molecule has 0 fully saturated rings. The van der Waals surface area contributed by atoms with Crippen LogP contribution in [0.2, 0.25) is 0 Å². The monoisotopic (exact) mass is 198 g/mol. The van der Waals surface area contributed by atoms with Crippen molar-refractivity contribution in [2.24, 2.45) is 5.92 Å². The molecule has 0 aliphatic heterocycles. The highest BCUT2D eigenvalue weighted by molar-refractivity contribution is 5.05. The van der Waals surface area contributed by atoms with E-state index in [1.54, 1.807) is 24.3 Å². The van der Waals surface area contributed by atoms with Crippen molar-refractivity contribution >= 4 is 0 Å². The van der Waals surface area contributed by atoms with Crippen molar-refractivity contribution in [3.05, 3.63) is 36.5 Å². The highest BCUT2D eigenvalue weighted by Gasteiger charge is 1.98. The predicted molar refractivity (Wildman–Crippen MR) is 56.8 cm³/mol. The van der Waals surface area contributed by atoms with Crippen LogP contribution in [0, 0.1) is 5.92 Å². The second-order valence-electron chi connectivity index (χ2n) is 2.83. The van der Waals surface area contributed by atoms with E-state index in [-0.39, 0.29) is 25.7 Å². The molecule has 0 aliphatic rings. The van der Waals surface area contributed by atoms with Crippen LogP contribution in [0.3, 0.4) is 0 Å². The van der Waals surface area contributed by atoms with Gasteiger partial charge in [-0.2, -0.15) is 0 Å². The van der Waals surface area contributed by atoms with Gasteiger partial charge in [-0.15, -0.1) is 0 Å². The van der Waals surface area contributed by atoms with Gasteiger partial charge in [0.1, 0.15) is 0 Å². The van der Waals surface area contributed by atoms with Crippen LogP contribution in [0.15, 0.2) is 36.5 Å². The molecular weight excluding hydrogens is 180 g/mol. The Morgan fingerprint density at radius 3 is 2.14 bits per heavy atom. The third-order valence-corrected chi connectivity index (χ3v) is 1.68. The lowest BCUT2D eigenvalue weighted by Crippen LogP contribution is -2.00. The zero-order valence-electron chi connectivity index (χ0n) is 8.21. The molecule has 3 N–H and O–H groups in total. The molecule has 0 heterocycles. The first-order valence-electron chi connectivity index (χ1n) is 4.66. The van der Waals surface area contributed by atoms with E-state index < -0.39 is 0 Å². The Bertz CT molecular complexity index is 195. The summed E-state index contributed by atoms with van der Waals surface area (Å²) in [5.41, 5.74) is 0. The van der Waals surface area contributed by atoms with Gasteiger partial charge < -0.3 is 15.3 Å². The van der Waals surface area contributed by atoms with Gasteiger partial charge in [0.15, 0.2) is 0 Å². The van der Waals surface area contributed by atoms with Crippen LogP contribution in [-0.2, 0) is 0 Å². The maximum absolute atomic E-state index is 8.96. The molecule has 0 radical (unpaired) electrons. The SMILES string of the molecule is OC/C=C/C=C/C(CO)C/C=C/CO. The fraction of sp³-hybridized carbons (Fsp3) is 0.455. The lowest BCUT2D eigenvalue weighted by molar-refractivity contribution is 0.253. The Kier molecular flexibility index (Phi) is 9.53. The molecular formula is C11H18O3. The summed E-state index contributed by atoms with van der Waals surface area (Å²) in [6, 6.07) is 0. The van der Waals surface area contributed by atoms with Gasteiger partial charge in [-0.05, 0) is 6.42 Å². The second kappa shape index (κ2) is 10.2. The Morgan fingerprint density at radius 2 is 1.57 bits per heavy atom. The minimum atomic E-state index is 0.0263. The third-order valence-electron chi connectivity index (χ3n) is 1.68. The number of hydrogen-bond donors (Lipinski definition) is 3. The molecule has 14 heavy (non-hydrogen) atoms. The van der Waals surface area contributed by atoms with Crippen molar-refractivity contribution in [3.8, 4) is 0 Å². The molecule has 3 nitrogen and oxygen atoms in total. The molecule has 0 rings (SSSR count). The van der Waals surface area contributed by atoms with E-state index in [0.717, 1.165) is 0 Å². The van der Waals surface area contributed by atoms with Crippen molar-refractivity contribution in [3.63, 3.8) is 0 Å². The summed E-state index contributed by atoms with van der Waals surface area (Å²) in [5.74, 6) is 0.0705. The lowest BCUT2D eigenvalue weighted by atomic mass is 10.1. The van der Waals surface area contributed by atoms with E-state index in [9.17, 15) is 0 Å². The molecule has 0 saturated heterocycles. The van der Waals surface area contributed by atoms with Crippen LogP contribution in [-0.4, -0.2) is 35.1 Å². The van der Waals surface area contributed by atoms with E-state index in [1.165, 1.54) is 0 Å². The standard InChI is InChI=1S/C11H18O3/c12-8-4-1-2-6-11(10-14)7-3-5-9-13/h1-6,11-14H,7-10H2/b4-1+,5-3+,6-2+. The first kappa shape index (κ1) is 13.1. The number of hydrogen-bond acceptors (Lipinski definition) is 3. The second-order valence-corrected chi connectivity index (χ2v) is 2.83. The maximum Gasteiger partial charge on any atom is 0.0615 e. The van der Waals surface area contributed by atoms with Crippen LogP contribution in [0.1, 0.15) is 6.42 Å². The van der Waals surface area contributed by atoms with Crippen LogP contribution >= 0.6 is 0 Å². The summed E-state index contributed by atoms with van der Waals surface area (Å²) < 4.78 is 0. The summed E-state index contributed by atoms with van der Waals surface area (Å²) in [6.07, 6.45) is 11.2. The fourth-order valence-corrected chi connectivity index (χ4v) is 0.920. The van der Waals surface area contributed by atoms with Gasteiger partial charge in [0.05, 0.1) is 13.2 Å². The molecule has 0 bridgehead atoms. The Balaban J connectivity index is 3.83. The average Bonchev–Trinajstić information content (AvgIpc) is 2.22. The highest BCUT2D eigenvalue weighted by Crippen LogP contribution is 2.05. The Labute approximate surface area is 84.7 Å². The van der Waals surface area contributed by atoms with Crippen LogP contribution < -0.4 is 0 Å². The summed E-state index contributed by atoms with van der Waals surface area (Å²) >= 11 is 0. The van der Waals surface area contributed by atoms with Crippen molar-refractivity contribution in [1.82, 2.24) is 0 Å². The normalized spacial score (nSPS) is 14.8. The molecule has 1 unspecified atom stereocenters. The topological polar surface area (TPSA) is 60.7 Å². The number of aliphatic hydroxyl groups excluding tert-OH is 3. The smallest absolute Gasteiger partial charge is 0.0615 e. The zero-order chi connectivity index (χ0) is 10.6.